The van der Waals surface area contributed by atoms with Gasteiger partial charge in [0, 0.05) is 55.0 Å². The van der Waals surface area contributed by atoms with Crippen molar-refractivity contribution in [1.82, 2.24) is 0 Å². The SMILES string of the molecule is C=C(c1ccccc1)c1oc2c(N(c3ccc(C(F)(F)F)cc3)c3ccc4ccc5c(N(c6ccc(C(F)(F)F)cc6)c6cccc7c6oc6c(-c8ccccc8)cc8ccccc8c67)ccc6ccc3c4c65)cccc2c1-c1ccccc1C. The maximum absolute atomic E-state index is 14.4. The first-order chi connectivity index (χ1) is 41.3. The molecule has 0 fully saturated rings. The van der Waals surface area contributed by atoms with Crippen molar-refractivity contribution in [2.45, 2.75) is 19.3 Å². The van der Waals surface area contributed by atoms with Crippen LogP contribution in [0.5, 0.6) is 0 Å². The van der Waals surface area contributed by atoms with Gasteiger partial charge in [-0.3, -0.25) is 0 Å². The molecule has 0 saturated heterocycles. The minimum Gasteiger partial charge on any atom is -0.453 e. The molecule has 4 nitrogen and oxygen atoms in total. The van der Waals surface area contributed by atoms with Crippen LogP contribution in [0.15, 0.2) is 264 Å². The molecule has 13 aromatic carbocycles. The molecule has 0 aliphatic carbocycles. The van der Waals surface area contributed by atoms with Crippen molar-refractivity contribution in [1.29, 1.82) is 0 Å². The molecule has 0 radical (unpaired) electrons. The molecule has 10 heteroatoms. The lowest BCUT2D eigenvalue weighted by molar-refractivity contribution is -0.138. The first-order valence-corrected chi connectivity index (χ1v) is 27.7. The molecular formula is C75H46F6N2O2. The van der Waals surface area contributed by atoms with Gasteiger partial charge in [0.1, 0.15) is 11.3 Å². The number of para-hydroxylation sites is 2. The predicted octanol–water partition coefficient (Wildman–Crippen LogP) is 23.1. The largest absolute Gasteiger partial charge is 0.453 e. The van der Waals surface area contributed by atoms with E-state index in [4.69, 9.17) is 8.83 Å². The number of alkyl halides is 6. The molecule has 0 aliphatic rings. The summed E-state index contributed by atoms with van der Waals surface area (Å²) in [4.78, 5) is 3.93. The third-order valence-electron chi connectivity index (χ3n) is 16.5. The number of aryl methyl sites for hydroxylation is 1. The van der Waals surface area contributed by atoms with Crippen LogP contribution >= 0.6 is 0 Å². The van der Waals surface area contributed by atoms with E-state index in [1.54, 1.807) is 0 Å². The van der Waals surface area contributed by atoms with Crippen LogP contribution in [-0.4, -0.2) is 0 Å². The van der Waals surface area contributed by atoms with Gasteiger partial charge in [-0.15, -0.1) is 0 Å². The normalized spacial score (nSPS) is 12.2. The van der Waals surface area contributed by atoms with E-state index in [0.29, 0.717) is 62.2 Å². The van der Waals surface area contributed by atoms with Gasteiger partial charge in [-0.05, 0) is 140 Å². The maximum Gasteiger partial charge on any atom is 0.416 e. The third-order valence-corrected chi connectivity index (χ3v) is 16.5. The van der Waals surface area contributed by atoms with Crippen LogP contribution in [0.1, 0.15) is 28.0 Å². The average Bonchev–Trinajstić information content (AvgIpc) is 2.12. The lowest BCUT2D eigenvalue weighted by Crippen LogP contribution is -2.13. The van der Waals surface area contributed by atoms with Crippen molar-refractivity contribution in [3.8, 4) is 22.3 Å². The molecule has 410 valence electrons. The van der Waals surface area contributed by atoms with E-state index >= 15 is 0 Å². The van der Waals surface area contributed by atoms with Crippen LogP contribution in [0.3, 0.4) is 0 Å². The van der Waals surface area contributed by atoms with Crippen LogP contribution in [0.2, 0.25) is 0 Å². The van der Waals surface area contributed by atoms with E-state index in [2.05, 4.69) is 30.8 Å². The first-order valence-electron chi connectivity index (χ1n) is 27.7. The van der Waals surface area contributed by atoms with Gasteiger partial charge in [-0.25, -0.2) is 0 Å². The summed E-state index contributed by atoms with van der Waals surface area (Å²) < 4.78 is 101. The lowest BCUT2D eigenvalue weighted by atomic mass is 9.91. The molecule has 85 heavy (non-hydrogen) atoms. The van der Waals surface area contributed by atoms with Crippen LogP contribution in [0.4, 0.5) is 60.5 Å². The zero-order valence-electron chi connectivity index (χ0n) is 45.4. The molecule has 0 saturated carbocycles. The van der Waals surface area contributed by atoms with Gasteiger partial charge in [0.2, 0.25) is 0 Å². The number of nitrogens with zero attached hydrogens (tertiary/aromatic N) is 2. The summed E-state index contributed by atoms with van der Waals surface area (Å²) in [5, 5.41) is 9.63. The molecule has 2 heterocycles. The summed E-state index contributed by atoms with van der Waals surface area (Å²) in [6.07, 6.45) is -9.17. The Bertz CT molecular complexity index is 5120. The highest BCUT2D eigenvalue weighted by molar-refractivity contribution is 6.29. The Morgan fingerprint density at radius 2 is 0.871 bits per heavy atom. The number of anilines is 6. The van der Waals surface area contributed by atoms with Crippen molar-refractivity contribution in [3.05, 3.63) is 283 Å². The number of benzene rings is 13. The van der Waals surface area contributed by atoms with E-state index < -0.39 is 23.5 Å². The number of hydrogen-bond donors (Lipinski definition) is 0. The summed E-state index contributed by atoms with van der Waals surface area (Å²) >= 11 is 0. The van der Waals surface area contributed by atoms with E-state index in [0.717, 1.165) is 117 Å². The van der Waals surface area contributed by atoms with Crippen LogP contribution in [-0.2, 0) is 12.4 Å². The van der Waals surface area contributed by atoms with Gasteiger partial charge in [0.25, 0.3) is 0 Å². The summed E-state index contributed by atoms with van der Waals surface area (Å²) in [5.74, 6) is 0.555. The highest BCUT2D eigenvalue weighted by atomic mass is 19.4. The highest BCUT2D eigenvalue weighted by Crippen LogP contribution is 2.53. The Balaban J connectivity index is 0.983. The van der Waals surface area contributed by atoms with E-state index in [9.17, 15) is 26.3 Å². The third kappa shape index (κ3) is 8.38. The van der Waals surface area contributed by atoms with Crippen molar-refractivity contribution < 1.29 is 35.2 Å². The monoisotopic (exact) mass is 1120 g/mol. The van der Waals surface area contributed by atoms with Gasteiger partial charge < -0.3 is 18.6 Å². The highest BCUT2D eigenvalue weighted by Gasteiger charge is 2.34. The summed E-state index contributed by atoms with van der Waals surface area (Å²) in [5.41, 5.74) is 9.73. The Morgan fingerprint density at radius 3 is 1.45 bits per heavy atom. The molecule has 0 atom stereocenters. The Labute approximate surface area is 483 Å². The summed E-state index contributed by atoms with van der Waals surface area (Å²) in [6.45, 7) is 6.62. The molecule has 0 bridgehead atoms. The summed E-state index contributed by atoms with van der Waals surface area (Å²) in [6, 6.07) is 76.5. The minimum absolute atomic E-state index is 0.448. The van der Waals surface area contributed by atoms with Gasteiger partial charge in [0.05, 0.1) is 33.9 Å². The number of fused-ring (bicyclic) bond motifs is 6. The number of hydrogen-bond acceptors (Lipinski definition) is 4. The summed E-state index contributed by atoms with van der Waals surface area (Å²) in [7, 11) is 0. The van der Waals surface area contributed by atoms with Gasteiger partial charge in [-0.1, -0.05) is 176 Å². The molecule has 0 aliphatic heterocycles. The average molecular weight is 1120 g/mol. The molecule has 15 rings (SSSR count). The van der Waals surface area contributed by atoms with Crippen LogP contribution < -0.4 is 9.80 Å². The fourth-order valence-corrected chi connectivity index (χ4v) is 12.6. The van der Waals surface area contributed by atoms with E-state index in [-0.39, 0.29) is 0 Å². The second kappa shape index (κ2) is 19.5. The molecule has 0 unspecified atom stereocenters. The second-order valence-corrected chi connectivity index (χ2v) is 21.4. The molecule has 0 spiro atoms. The molecular weight excluding hydrogens is 1070 g/mol. The Hall–Kier alpha value is -10.6. The first kappa shape index (κ1) is 51.3. The number of rotatable bonds is 10. The van der Waals surface area contributed by atoms with Crippen molar-refractivity contribution in [2.75, 3.05) is 9.80 Å². The van der Waals surface area contributed by atoms with E-state index in [1.165, 1.54) is 24.3 Å². The fourth-order valence-electron chi connectivity index (χ4n) is 12.6. The molecule has 0 N–H and O–H groups in total. The topological polar surface area (TPSA) is 32.8 Å². The zero-order valence-corrected chi connectivity index (χ0v) is 45.4. The molecule has 15 aromatic rings. The van der Waals surface area contributed by atoms with Gasteiger partial charge >= 0.3 is 12.4 Å². The van der Waals surface area contributed by atoms with Gasteiger partial charge in [0.15, 0.2) is 11.2 Å². The lowest BCUT2D eigenvalue weighted by Gasteiger charge is -2.29. The zero-order chi connectivity index (χ0) is 57.9. The van der Waals surface area contributed by atoms with E-state index in [1.807, 2.05) is 193 Å². The molecule has 2 aromatic heterocycles. The van der Waals surface area contributed by atoms with Crippen molar-refractivity contribution in [2.24, 2.45) is 0 Å². The quantitative estimate of drug-likeness (QED) is 0.101. The van der Waals surface area contributed by atoms with Crippen molar-refractivity contribution >= 4 is 116 Å². The van der Waals surface area contributed by atoms with Crippen LogP contribution in [0.25, 0.3) is 104 Å². The number of furan rings is 2. The Morgan fingerprint density at radius 1 is 0.376 bits per heavy atom. The van der Waals surface area contributed by atoms with Crippen molar-refractivity contribution in [3.63, 3.8) is 0 Å². The second-order valence-electron chi connectivity index (χ2n) is 21.4. The van der Waals surface area contributed by atoms with Crippen LogP contribution in [0, 0.1) is 6.92 Å². The predicted molar refractivity (Wildman–Crippen MR) is 334 cm³/mol. The molecule has 0 amide bonds. The maximum atomic E-state index is 14.4. The smallest absolute Gasteiger partial charge is 0.416 e. The Kier molecular flexibility index (Phi) is 11.8. The fraction of sp³-hybridized carbons (Fsp3) is 0.0400. The number of halogens is 6. The minimum atomic E-state index is -4.59. The standard InChI is InChI=1S/C75H46F6N2O2/c1-44-15-9-11-21-55(44)68-59-23-13-25-64(71(59)84-70(68)45(2)46-16-5-3-6-17-46)82(53-35-31-51(32-36-53)74(76,77)78)62-41-29-48-28-40-58-63(42-30-49-27-39-57(62)66(48)67(49)58)83(54-37-33-52(34-38-54)75(79,80)81)65-26-14-24-60-69-56-22-12-10-20-50(56)43-61(73(69)85-72(60)65)47-18-7-4-8-19-47/h3-43H,2H2,1H3. The van der Waals surface area contributed by atoms with Gasteiger partial charge in [-0.2, -0.15) is 26.3 Å².